The second-order valence-corrected chi connectivity index (χ2v) is 6.29. The number of carbonyl (C=O) groups excluding carboxylic acids is 1. The Kier molecular flexibility index (Phi) is 4.24. The van der Waals surface area contributed by atoms with Crippen LogP contribution in [0.2, 0.25) is 0 Å². The van der Waals surface area contributed by atoms with Crippen molar-refractivity contribution >= 4 is 29.1 Å². The van der Waals surface area contributed by atoms with Crippen molar-refractivity contribution in [3.63, 3.8) is 0 Å². The number of hydrogen-bond donors (Lipinski definition) is 0. The summed E-state index contributed by atoms with van der Waals surface area (Å²) in [6, 6.07) is 0. The number of halogens is 5. The van der Waals surface area contributed by atoms with Crippen LogP contribution < -0.4 is 0 Å². The second kappa shape index (κ2) is 4.84. The van der Waals surface area contributed by atoms with E-state index >= 15 is 0 Å². The molecule has 0 aromatic heterocycles. The van der Waals surface area contributed by atoms with Crippen molar-refractivity contribution in [2.75, 3.05) is 13.1 Å². The predicted octanol–water partition coefficient (Wildman–Crippen LogP) is 3.23. The minimum absolute atomic E-state index is 0.0416. The van der Waals surface area contributed by atoms with E-state index < -0.39 is 28.9 Å². The smallest absolute Gasteiger partial charge is 0.333 e. The minimum atomic E-state index is -4.40. The number of alkyl halides is 5. The van der Waals surface area contributed by atoms with E-state index in [2.05, 4.69) is 0 Å². The lowest BCUT2D eigenvalue weighted by Gasteiger charge is -2.26. The molecule has 0 N–H and O–H groups in total. The molecule has 0 aromatic rings. The van der Waals surface area contributed by atoms with Crippen LogP contribution in [0.1, 0.15) is 20.3 Å². The summed E-state index contributed by atoms with van der Waals surface area (Å²) in [5, 5.41) is 0. The van der Waals surface area contributed by atoms with Crippen LogP contribution in [0, 0.1) is 11.8 Å². The fraction of sp³-hybridized carbons (Fsp3) is 0.900. The van der Waals surface area contributed by atoms with Gasteiger partial charge in [-0.25, -0.2) is 0 Å². The Balaban J connectivity index is 2.66. The topological polar surface area (TPSA) is 20.3 Å². The van der Waals surface area contributed by atoms with Gasteiger partial charge < -0.3 is 4.90 Å². The first-order chi connectivity index (χ1) is 7.53. The highest BCUT2D eigenvalue weighted by molar-refractivity contribution is 6.52. The van der Waals surface area contributed by atoms with Crippen LogP contribution >= 0.6 is 23.2 Å². The Hall–Kier alpha value is -0.160. The van der Waals surface area contributed by atoms with Gasteiger partial charge in [-0.15, -0.1) is 23.2 Å². The van der Waals surface area contributed by atoms with E-state index in [9.17, 15) is 18.0 Å². The Morgan fingerprint density at radius 1 is 1.47 bits per heavy atom. The summed E-state index contributed by atoms with van der Waals surface area (Å²) in [6.07, 6.45) is -4.18. The zero-order chi connectivity index (χ0) is 13.4. The lowest BCUT2D eigenvalue weighted by molar-refractivity contribution is -0.163. The molecule has 1 amide bonds. The van der Waals surface area contributed by atoms with E-state index in [-0.39, 0.29) is 18.9 Å². The molecule has 0 bridgehead atoms. The molecule has 0 radical (unpaired) electrons. The third-order valence-electron chi connectivity index (χ3n) is 2.39. The number of amides is 1. The first-order valence-electron chi connectivity index (χ1n) is 5.26. The van der Waals surface area contributed by atoms with E-state index in [1.807, 2.05) is 0 Å². The minimum Gasteiger partial charge on any atom is -0.333 e. The van der Waals surface area contributed by atoms with Crippen molar-refractivity contribution in [1.82, 2.24) is 4.90 Å². The van der Waals surface area contributed by atoms with Gasteiger partial charge in [0.25, 0.3) is 0 Å². The summed E-state index contributed by atoms with van der Waals surface area (Å²) >= 11 is 11.4. The predicted molar refractivity (Wildman–Crippen MR) is 60.0 cm³/mol. The molecule has 1 rings (SSSR count). The average Bonchev–Trinajstić information content (AvgIpc) is 2.69. The maximum atomic E-state index is 12.3. The number of nitrogens with zero attached hydrogens (tertiary/aromatic N) is 1. The van der Waals surface area contributed by atoms with Crippen LogP contribution in [0.15, 0.2) is 0 Å². The molecule has 17 heavy (non-hydrogen) atoms. The van der Waals surface area contributed by atoms with Crippen LogP contribution in [0.3, 0.4) is 0 Å². The maximum absolute atomic E-state index is 12.3. The molecule has 1 aliphatic rings. The summed E-state index contributed by atoms with van der Waals surface area (Å²) in [5.41, 5.74) is 0. The Morgan fingerprint density at radius 3 is 2.24 bits per heavy atom. The first kappa shape index (κ1) is 14.9. The molecule has 0 saturated heterocycles. The third-order valence-corrected chi connectivity index (χ3v) is 3.23. The molecule has 1 aliphatic carbocycles. The van der Waals surface area contributed by atoms with Crippen molar-refractivity contribution in [3.05, 3.63) is 0 Å². The fourth-order valence-corrected chi connectivity index (χ4v) is 2.09. The van der Waals surface area contributed by atoms with E-state index in [1.165, 1.54) is 0 Å². The standard InChI is InChI=1S/C10H14Cl2F3NO/c1-6(2)4-16(5-10(13,14)15)8(17)7-3-9(7,11)12/h6-7H,3-5H2,1-2H3. The van der Waals surface area contributed by atoms with Crippen molar-refractivity contribution in [2.45, 2.75) is 30.8 Å². The molecule has 1 fully saturated rings. The normalized spacial score (nSPS) is 22.7. The Morgan fingerprint density at radius 2 is 1.94 bits per heavy atom. The van der Waals surface area contributed by atoms with Crippen molar-refractivity contribution in [2.24, 2.45) is 11.8 Å². The van der Waals surface area contributed by atoms with Gasteiger partial charge in [0.05, 0.1) is 5.92 Å². The van der Waals surface area contributed by atoms with Gasteiger partial charge in [-0.2, -0.15) is 13.2 Å². The first-order valence-corrected chi connectivity index (χ1v) is 6.02. The number of rotatable bonds is 4. The average molecular weight is 292 g/mol. The molecule has 1 unspecified atom stereocenters. The van der Waals surface area contributed by atoms with Gasteiger partial charge in [-0.05, 0) is 12.3 Å². The number of carbonyl (C=O) groups is 1. The monoisotopic (exact) mass is 291 g/mol. The van der Waals surface area contributed by atoms with Crippen LogP contribution in [-0.2, 0) is 4.79 Å². The number of hydrogen-bond acceptors (Lipinski definition) is 1. The van der Waals surface area contributed by atoms with Crippen LogP contribution in [-0.4, -0.2) is 34.4 Å². The molecule has 2 nitrogen and oxygen atoms in total. The molecular weight excluding hydrogens is 278 g/mol. The second-order valence-electron chi connectivity index (χ2n) is 4.75. The highest BCUT2D eigenvalue weighted by Crippen LogP contribution is 2.54. The van der Waals surface area contributed by atoms with Crippen molar-refractivity contribution < 1.29 is 18.0 Å². The van der Waals surface area contributed by atoms with E-state index in [0.717, 1.165) is 4.90 Å². The molecule has 7 heteroatoms. The van der Waals surface area contributed by atoms with Gasteiger partial charge in [0.2, 0.25) is 5.91 Å². The quantitative estimate of drug-likeness (QED) is 0.728. The van der Waals surface area contributed by atoms with E-state index in [0.29, 0.717) is 0 Å². The summed E-state index contributed by atoms with van der Waals surface area (Å²) < 4.78 is 35.8. The molecule has 100 valence electrons. The molecule has 1 atom stereocenters. The lowest BCUT2D eigenvalue weighted by atomic mass is 10.2. The third kappa shape index (κ3) is 4.54. The lowest BCUT2D eigenvalue weighted by Crippen LogP contribution is -2.42. The van der Waals surface area contributed by atoms with Gasteiger partial charge in [0.1, 0.15) is 10.9 Å². The van der Waals surface area contributed by atoms with Gasteiger partial charge in [0.15, 0.2) is 0 Å². The maximum Gasteiger partial charge on any atom is 0.406 e. The summed E-state index contributed by atoms with van der Waals surface area (Å²) in [5.74, 6) is -1.35. The summed E-state index contributed by atoms with van der Waals surface area (Å²) in [4.78, 5) is 12.6. The van der Waals surface area contributed by atoms with Gasteiger partial charge in [-0.3, -0.25) is 4.79 Å². The SMILES string of the molecule is CC(C)CN(CC(F)(F)F)C(=O)C1CC1(Cl)Cl. The van der Waals surface area contributed by atoms with Crippen LogP contribution in [0.5, 0.6) is 0 Å². The van der Waals surface area contributed by atoms with Gasteiger partial charge in [0, 0.05) is 6.54 Å². The highest BCUT2D eigenvalue weighted by atomic mass is 35.5. The summed E-state index contributed by atoms with van der Waals surface area (Å²) in [7, 11) is 0. The van der Waals surface area contributed by atoms with Crippen LogP contribution in [0.4, 0.5) is 13.2 Å². The molecule has 0 heterocycles. The van der Waals surface area contributed by atoms with Crippen LogP contribution in [0.25, 0.3) is 0 Å². The molecule has 0 spiro atoms. The fourth-order valence-electron chi connectivity index (χ4n) is 1.59. The van der Waals surface area contributed by atoms with Gasteiger partial charge >= 0.3 is 6.18 Å². The Bertz CT molecular complexity index is 304. The van der Waals surface area contributed by atoms with Gasteiger partial charge in [-0.1, -0.05) is 13.8 Å². The molecule has 0 aromatic carbocycles. The van der Waals surface area contributed by atoms with E-state index in [1.54, 1.807) is 13.8 Å². The largest absolute Gasteiger partial charge is 0.406 e. The Labute approximate surface area is 108 Å². The molecule has 0 aliphatic heterocycles. The highest BCUT2D eigenvalue weighted by Gasteiger charge is 2.58. The summed E-state index contributed by atoms with van der Waals surface area (Å²) in [6.45, 7) is 2.31. The molecule has 1 saturated carbocycles. The van der Waals surface area contributed by atoms with Crippen molar-refractivity contribution in [1.29, 1.82) is 0 Å². The van der Waals surface area contributed by atoms with Crippen molar-refractivity contribution in [3.8, 4) is 0 Å². The van der Waals surface area contributed by atoms with E-state index in [4.69, 9.17) is 23.2 Å². The zero-order valence-electron chi connectivity index (χ0n) is 9.52. The zero-order valence-corrected chi connectivity index (χ0v) is 11.0. The molecular formula is C10H14Cl2F3NO.